The molecular formula is C19H34O6. The van der Waals surface area contributed by atoms with E-state index in [1.807, 2.05) is 13.8 Å². The zero-order chi connectivity index (χ0) is 19.6. The number of carbonyl (C=O) groups is 3. The number of aliphatic hydroxyl groups is 3. The summed E-state index contributed by atoms with van der Waals surface area (Å²) in [4.78, 5) is 37.2. The molecule has 0 rings (SSSR count). The van der Waals surface area contributed by atoms with Crippen LogP contribution in [0.4, 0.5) is 0 Å². The molecule has 0 aliphatic heterocycles. The highest BCUT2D eigenvalue weighted by molar-refractivity contribution is 6.02. The first kappa shape index (κ1) is 23.9. The van der Waals surface area contributed by atoms with E-state index in [2.05, 4.69) is 0 Å². The third-order valence-corrected chi connectivity index (χ3v) is 4.48. The molecule has 0 fully saturated rings. The molecule has 0 heterocycles. The largest absolute Gasteiger partial charge is 0.382 e. The Morgan fingerprint density at radius 1 is 0.760 bits per heavy atom. The molecule has 0 aliphatic carbocycles. The summed E-state index contributed by atoms with van der Waals surface area (Å²) in [5, 5.41) is 31.7. The van der Waals surface area contributed by atoms with Crippen LogP contribution in [0.25, 0.3) is 0 Å². The van der Waals surface area contributed by atoms with Crippen molar-refractivity contribution < 1.29 is 29.7 Å². The molecule has 0 aromatic heterocycles. The molecule has 0 saturated carbocycles. The second-order valence-corrected chi connectivity index (χ2v) is 6.70. The molecule has 2 atom stereocenters. The highest BCUT2D eigenvalue weighted by Gasteiger charge is 2.55. The van der Waals surface area contributed by atoms with E-state index in [1.54, 1.807) is 13.8 Å². The smallest absolute Gasteiger partial charge is 0.189 e. The maximum atomic E-state index is 13.0. The monoisotopic (exact) mass is 358 g/mol. The van der Waals surface area contributed by atoms with Crippen LogP contribution in [0.2, 0.25) is 0 Å². The number of Topliss-reactive ketones (excluding diaryl/α,β-unsaturated/α-hetero) is 3. The van der Waals surface area contributed by atoms with Gasteiger partial charge in [0.05, 0.1) is 0 Å². The molecule has 146 valence electrons. The fraction of sp³-hybridized carbons (Fsp3) is 0.842. The molecule has 6 heteroatoms. The van der Waals surface area contributed by atoms with Crippen LogP contribution in [0, 0.1) is 5.92 Å². The minimum atomic E-state index is -2.78. The van der Waals surface area contributed by atoms with Crippen LogP contribution in [0.15, 0.2) is 0 Å². The van der Waals surface area contributed by atoms with E-state index in [1.165, 1.54) is 0 Å². The van der Waals surface area contributed by atoms with Gasteiger partial charge >= 0.3 is 0 Å². The van der Waals surface area contributed by atoms with E-state index in [9.17, 15) is 29.7 Å². The van der Waals surface area contributed by atoms with Gasteiger partial charge in [0.25, 0.3) is 0 Å². The van der Waals surface area contributed by atoms with Crippen LogP contribution >= 0.6 is 0 Å². The number of hydrogen-bond donors (Lipinski definition) is 3. The predicted molar refractivity (Wildman–Crippen MR) is 95.1 cm³/mol. The van der Waals surface area contributed by atoms with Crippen LogP contribution in [0.5, 0.6) is 0 Å². The average molecular weight is 358 g/mol. The van der Waals surface area contributed by atoms with E-state index < -0.39 is 41.1 Å². The fourth-order valence-corrected chi connectivity index (χ4v) is 3.11. The summed E-state index contributed by atoms with van der Waals surface area (Å²) in [6.45, 7) is 7.21. The molecule has 0 radical (unpaired) electrons. The normalized spacial score (nSPS) is 16.3. The first-order chi connectivity index (χ1) is 11.7. The third-order valence-electron chi connectivity index (χ3n) is 4.48. The lowest BCUT2D eigenvalue weighted by molar-refractivity contribution is -0.184. The highest BCUT2D eigenvalue weighted by atomic mass is 16.4. The Morgan fingerprint density at radius 3 is 1.40 bits per heavy atom. The second kappa shape index (κ2) is 11.5. The van der Waals surface area contributed by atoms with E-state index in [4.69, 9.17) is 0 Å². The fourth-order valence-electron chi connectivity index (χ4n) is 3.11. The van der Waals surface area contributed by atoms with Gasteiger partial charge in [-0.05, 0) is 25.7 Å². The topological polar surface area (TPSA) is 112 Å². The Hall–Kier alpha value is -1.11. The van der Waals surface area contributed by atoms with E-state index in [-0.39, 0.29) is 12.8 Å². The molecule has 0 spiro atoms. The average Bonchev–Trinajstić information content (AvgIpc) is 2.59. The van der Waals surface area contributed by atoms with Gasteiger partial charge in [0.2, 0.25) is 0 Å². The lowest BCUT2D eigenvalue weighted by Gasteiger charge is -2.36. The van der Waals surface area contributed by atoms with Crippen LogP contribution < -0.4 is 0 Å². The molecule has 3 N–H and O–H groups in total. The number of hydrogen-bond acceptors (Lipinski definition) is 6. The summed E-state index contributed by atoms with van der Waals surface area (Å²) in [6, 6.07) is 0. The first-order valence-corrected chi connectivity index (χ1v) is 9.40. The van der Waals surface area contributed by atoms with Crippen molar-refractivity contribution in [3.63, 3.8) is 0 Å². The Kier molecular flexibility index (Phi) is 11.0. The maximum absolute atomic E-state index is 13.0. The second-order valence-electron chi connectivity index (χ2n) is 6.70. The SMILES string of the molecule is CCCC(=O)C(O)C(O)(C(=O)C(CCC)CCC)C(O)C(=O)CCC. The van der Waals surface area contributed by atoms with Gasteiger partial charge in [-0.15, -0.1) is 0 Å². The molecule has 25 heavy (non-hydrogen) atoms. The number of carbonyl (C=O) groups excluding carboxylic acids is 3. The van der Waals surface area contributed by atoms with Crippen molar-refractivity contribution >= 4 is 17.3 Å². The van der Waals surface area contributed by atoms with Crippen LogP contribution in [0.3, 0.4) is 0 Å². The Morgan fingerprint density at radius 2 is 1.12 bits per heavy atom. The van der Waals surface area contributed by atoms with Crippen molar-refractivity contribution in [2.45, 2.75) is 96.9 Å². The van der Waals surface area contributed by atoms with Gasteiger partial charge < -0.3 is 15.3 Å². The van der Waals surface area contributed by atoms with Gasteiger partial charge in [-0.1, -0.05) is 40.5 Å². The summed E-state index contributed by atoms with van der Waals surface area (Å²) < 4.78 is 0. The van der Waals surface area contributed by atoms with Gasteiger partial charge in [-0.2, -0.15) is 0 Å². The molecule has 0 aromatic rings. The molecule has 0 amide bonds. The van der Waals surface area contributed by atoms with Gasteiger partial charge in [-0.3, -0.25) is 14.4 Å². The van der Waals surface area contributed by atoms with E-state index >= 15 is 0 Å². The van der Waals surface area contributed by atoms with Gasteiger partial charge in [0, 0.05) is 18.8 Å². The number of rotatable bonds is 14. The zero-order valence-corrected chi connectivity index (χ0v) is 16.0. The summed E-state index contributed by atoms with van der Waals surface area (Å²) >= 11 is 0. The molecule has 6 nitrogen and oxygen atoms in total. The Labute approximate surface area is 150 Å². The summed E-state index contributed by atoms with van der Waals surface area (Å²) in [7, 11) is 0. The van der Waals surface area contributed by atoms with Crippen LogP contribution in [-0.4, -0.2) is 50.5 Å². The maximum Gasteiger partial charge on any atom is 0.189 e. The lowest BCUT2D eigenvalue weighted by atomic mass is 9.74. The van der Waals surface area contributed by atoms with Crippen LogP contribution in [-0.2, 0) is 14.4 Å². The van der Waals surface area contributed by atoms with Gasteiger partial charge in [-0.25, -0.2) is 0 Å². The highest BCUT2D eigenvalue weighted by Crippen LogP contribution is 2.29. The van der Waals surface area contributed by atoms with Crippen molar-refractivity contribution in [3.8, 4) is 0 Å². The molecule has 2 unspecified atom stereocenters. The van der Waals surface area contributed by atoms with Crippen molar-refractivity contribution in [1.82, 2.24) is 0 Å². The Balaban J connectivity index is 5.89. The van der Waals surface area contributed by atoms with Gasteiger partial charge in [0.1, 0.15) is 0 Å². The zero-order valence-electron chi connectivity index (χ0n) is 16.0. The predicted octanol–water partition coefficient (Wildman–Crippen LogP) is 1.96. The first-order valence-electron chi connectivity index (χ1n) is 9.40. The Bertz CT molecular complexity index is 415. The molecular weight excluding hydrogens is 324 g/mol. The summed E-state index contributed by atoms with van der Waals surface area (Å²) in [6.07, 6.45) is -1.20. The summed E-state index contributed by atoms with van der Waals surface area (Å²) in [5.41, 5.74) is -2.78. The molecule has 0 saturated heterocycles. The van der Waals surface area contributed by atoms with Gasteiger partial charge in [0.15, 0.2) is 35.2 Å². The van der Waals surface area contributed by atoms with E-state index in [0.717, 1.165) is 0 Å². The molecule has 0 aromatic carbocycles. The number of aliphatic hydroxyl groups excluding tert-OH is 2. The third kappa shape index (κ3) is 5.97. The lowest BCUT2D eigenvalue weighted by Crippen LogP contribution is -2.64. The van der Waals surface area contributed by atoms with Crippen molar-refractivity contribution in [3.05, 3.63) is 0 Å². The summed E-state index contributed by atoms with van der Waals surface area (Å²) in [5.74, 6) is -2.92. The van der Waals surface area contributed by atoms with Crippen molar-refractivity contribution in [1.29, 1.82) is 0 Å². The molecule has 0 aliphatic rings. The minimum Gasteiger partial charge on any atom is -0.382 e. The number of ketones is 3. The van der Waals surface area contributed by atoms with Crippen LogP contribution in [0.1, 0.15) is 79.1 Å². The van der Waals surface area contributed by atoms with Crippen molar-refractivity contribution in [2.75, 3.05) is 0 Å². The quantitative estimate of drug-likeness (QED) is 0.438. The minimum absolute atomic E-state index is 0.0440. The van der Waals surface area contributed by atoms with Crippen molar-refractivity contribution in [2.24, 2.45) is 5.92 Å². The standard InChI is InChI=1S/C19H34O6/c1-5-9-13(10-6-2)16(22)19(25,17(23)14(20)11-7-3)18(24)15(21)12-8-4/h13,17-18,23-25H,5-12H2,1-4H3. The van der Waals surface area contributed by atoms with E-state index in [0.29, 0.717) is 38.5 Å². The molecule has 0 bridgehead atoms.